The van der Waals surface area contributed by atoms with Crippen LogP contribution in [-0.2, 0) is 0 Å². The molecular weight excluding hydrogens is 256 g/mol. The summed E-state index contributed by atoms with van der Waals surface area (Å²) in [6.45, 7) is 10.3. The maximum Gasteiger partial charge on any atom is 0.0475 e. The fraction of sp³-hybridized carbons (Fsp3) is 0.684. The van der Waals surface area contributed by atoms with Gasteiger partial charge in [-0.3, -0.25) is 4.90 Å². The minimum absolute atomic E-state index is 0.531. The number of hydrogen-bond acceptors (Lipinski definition) is 2. The van der Waals surface area contributed by atoms with Crippen molar-refractivity contribution in [3.63, 3.8) is 0 Å². The van der Waals surface area contributed by atoms with Crippen molar-refractivity contribution in [3.8, 4) is 0 Å². The van der Waals surface area contributed by atoms with E-state index in [0.29, 0.717) is 12.0 Å². The van der Waals surface area contributed by atoms with Crippen molar-refractivity contribution in [2.24, 2.45) is 5.92 Å². The Morgan fingerprint density at radius 3 is 2.43 bits per heavy atom. The highest BCUT2D eigenvalue weighted by molar-refractivity contribution is 5.20. The van der Waals surface area contributed by atoms with Gasteiger partial charge in [0.15, 0.2) is 0 Å². The van der Waals surface area contributed by atoms with E-state index in [-0.39, 0.29) is 0 Å². The summed E-state index contributed by atoms with van der Waals surface area (Å²) in [5.74, 6) is 0.714. The monoisotopic (exact) mass is 288 g/mol. The summed E-state index contributed by atoms with van der Waals surface area (Å²) in [5.41, 5.74) is 1.47. The number of hydrogen-bond donors (Lipinski definition) is 1. The van der Waals surface area contributed by atoms with Gasteiger partial charge in [-0.1, -0.05) is 57.5 Å². The van der Waals surface area contributed by atoms with E-state index in [9.17, 15) is 0 Å². The molecule has 2 nitrogen and oxygen atoms in total. The molecule has 1 atom stereocenters. The van der Waals surface area contributed by atoms with Crippen LogP contribution in [0.3, 0.4) is 0 Å². The number of unbranched alkanes of at least 4 members (excludes halogenated alkanes) is 1. The van der Waals surface area contributed by atoms with Crippen molar-refractivity contribution in [1.29, 1.82) is 0 Å². The van der Waals surface area contributed by atoms with Crippen LogP contribution in [0, 0.1) is 5.92 Å². The van der Waals surface area contributed by atoms with E-state index >= 15 is 0 Å². The zero-order chi connectivity index (χ0) is 15.1. The third-order valence-electron chi connectivity index (χ3n) is 4.26. The van der Waals surface area contributed by atoms with E-state index < -0.39 is 0 Å². The second kappa shape index (κ2) is 8.55. The summed E-state index contributed by atoms with van der Waals surface area (Å²) in [4.78, 5) is 2.76. The summed E-state index contributed by atoms with van der Waals surface area (Å²) in [6, 6.07) is 12.4. The highest BCUT2D eigenvalue weighted by Gasteiger charge is 2.33. The Kier molecular flexibility index (Phi) is 6.72. The van der Waals surface area contributed by atoms with E-state index in [2.05, 4.69) is 61.3 Å². The van der Waals surface area contributed by atoms with Gasteiger partial charge >= 0.3 is 0 Å². The molecule has 0 aliphatic heterocycles. The number of rotatable bonds is 10. The van der Waals surface area contributed by atoms with Crippen molar-refractivity contribution in [2.75, 3.05) is 19.6 Å². The first-order chi connectivity index (χ1) is 10.2. The summed E-state index contributed by atoms with van der Waals surface area (Å²) >= 11 is 0. The molecule has 1 fully saturated rings. The third-order valence-corrected chi connectivity index (χ3v) is 4.26. The van der Waals surface area contributed by atoms with Crippen LogP contribution < -0.4 is 5.32 Å². The van der Waals surface area contributed by atoms with E-state index in [1.807, 2.05) is 0 Å². The second-order valence-electron chi connectivity index (χ2n) is 6.80. The molecule has 1 aliphatic rings. The van der Waals surface area contributed by atoms with Gasteiger partial charge in [-0.25, -0.2) is 0 Å². The molecule has 1 saturated carbocycles. The molecule has 1 N–H and O–H groups in total. The average molecular weight is 288 g/mol. The molecule has 21 heavy (non-hydrogen) atoms. The third kappa shape index (κ3) is 5.44. The molecule has 2 heteroatoms. The molecular formula is C19H32N2. The van der Waals surface area contributed by atoms with Crippen LogP contribution in [0.4, 0.5) is 0 Å². The smallest absolute Gasteiger partial charge is 0.0475 e. The van der Waals surface area contributed by atoms with Gasteiger partial charge in [-0.2, -0.15) is 0 Å². The fourth-order valence-electron chi connectivity index (χ4n) is 2.95. The summed E-state index contributed by atoms with van der Waals surface area (Å²) in [6.07, 6.45) is 5.36. The Morgan fingerprint density at radius 1 is 1.14 bits per heavy atom. The number of nitrogens with zero attached hydrogens (tertiary/aromatic N) is 1. The second-order valence-corrected chi connectivity index (χ2v) is 6.80. The lowest BCUT2D eigenvalue weighted by molar-refractivity contribution is 0.178. The molecule has 1 aromatic carbocycles. The van der Waals surface area contributed by atoms with E-state index in [0.717, 1.165) is 19.1 Å². The topological polar surface area (TPSA) is 15.3 Å². The first-order valence-electron chi connectivity index (χ1n) is 8.73. The van der Waals surface area contributed by atoms with Gasteiger partial charge in [0.1, 0.15) is 0 Å². The van der Waals surface area contributed by atoms with Gasteiger partial charge in [0.2, 0.25) is 0 Å². The van der Waals surface area contributed by atoms with Gasteiger partial charge in [-0.15, -0.1) is 0 Å². The van der Waals surface area contributed by atoms with Gasteiger partial charge < -0.3 is 5.32 Å². The van der Waals surface area contributed by atoms with Crippen molar-refractivity contribution in [1.82, 2.24) is 10.2 Å². The van der Waals surface area contributed by atoms with E-state index in [1.54, 1.807) is 0 Å². The molecule has 0 amide bonds. The molecule has 1 aliphatic carbocycles. The molecule has 118 valence electrons. The van der Waals surface area contributed by atoms with Crippen molar-refractivity contribution in [3.05, 3.63) is 35.9 Å². The Hall–Kier alpha value is -0.860. The minimum atomic E-state index is 0.531. The van der Waals surface area contributed by atoms with Crippen molar-refractivity contribution < 1.29 is 0 Å². The SMILES string of the molecule is CCCCN(C1CC1)C(CNCC(C)C)c1ccccc1. The number of benzene rings is 1. The highest BCUT2D eigenvalue weighted by atomic mass is 15.2. The zero-order valence-corrected chi connectivity index (χ0v) is 14.0. The molecule has 0 radical (unpaired) electrons. The van der Waals surface area contributed by atoms with Crippen LogP contribution in [0.15, 0.2) is 30.3 Å². The van der Waals surface area contributed by atoms with Crippen LogP contribution in [0.25, 0.3) is 0 Å². The lowest BCUT2D eigenvalue weighted by atomic mass is 10.0. The van der Waals surface area contributed by atoms with Gasteiger partial charge in [-0.05, 0) is 43.8 Å². The summed E-state index contributed by atoms with van der Waals surface area (Å²) in [7, 11) is 0. The van der Waals surface area contributed by atoms with E-state index in [1.165, 1.54) is 37.8 Å². The van der Waals surface area contributed by atoms with Crippen LogP contribution in [-0.4, -0.2) is 30.6 Å². The lowest BCUT2D eigenvalue weighted by Gasteiger charge is -2.33. The first-order valence-corrected chi connectivity index (χ1v) is 8.73. The van der Waals surface area contributed by atoms with Crippen molar-refractivity contribution >= 4 is 0 Å². The Morgan fingerprint density at radius 2 is 1.86 bits per heavy atom. The van der Waals surface area contributed by atoms with Crippen LogP contribution in [0.2, 0.25) is 0 Å². The Bertz CT molecular complexity index is 384. The molecule has 1 unspecified atom stereocenters. The zero-order valence-electron chi connectivity index (χ0n) is 14.0. The average Bonchev–Trinajstić information content (AvgIpc) is 3.31. The predicted octanol–water partition coefficient (Wildman–Crippen LogP) is 4.24. The van der Waals surface area contributed by atoms with Crippen LogP contribution in [0.1, 0.15) is 58.1 Å². The molecule has 0 bridgehead atoms. The predicted molar refractivity (Wildman–Crippen MR) is 91.5 cm³/mol. The van der Waals surface area contributed by atoms with E-state index in [4.69, 9.17) is 0 Å². The number of nitrogens with one attached hydrogen (secondary N) is 1. The Labute approximate surface area is 130 Å². The molecule has 0 heterocycles. The summed E-state index contributed by atoms with van der Waals surface area (Å²) < 4.78 is 0. The van der Waals surface area contributed by atoms with Gasteiger partial charge in [0.05, 0.1) is 0 Å². The van der Waals surface area contributed by atoms with Gasteiger partial charge in [0.25, 0.3) is 0 Å². The molecule has 1 aromatic rings. The maximum absolute atomic E-state index is 3.68. The maximum atomic E-state index is 3.68. The molecule has 2 rings (SSSR count). The Balaban J connectivity index is 2.05. The lowest BCUT2D eigenvalue weighted by Crippen LogP contribution is -2.39. The van der Waals surface area contributed by atoms with Crippen LogP contribution >= 0.6 is 0 Å². The van der Waals surface area contributed by atoms with Crippen molar-refractivity contribution in [2.45, 2.75) is 58.5 Å². The standard InChI is InChI=1S/C19H32N2/c1-4-5-13-21(18-11-12-18)19(15-20-14-16(2)3)17-9-7-6-8-10-17/h6-10,16,18-20H,4-5,11-15H2,1-3H3. The quantitative estimate of drug-likeness (QED) is 0.693. The summed E-state index contributed by atoms with van der Waals surface area (Å²) in [5, 5.41) is 3.68. The molecule has 0 spiro atoms. The first kappa shape index (κ1) is 16.5. The highest BCUT2D eigenvalue weighted by Crippen LogP contribution is 2.34. The normalized spacial score (nSPS) is 16.6. The molecule has 0 aromatic heterocycles. The molecule has 0 saturated heterocycles. The minimum Gasteiger partial charge on any atom is -0.315 e. The van der Waals surface area contributed by atoms with Gasteiger partial charge in [0, 0.05) is 18.6 Å². The van der Waals surface area contributed by atoms with Crippen LogP contribution in [0.5, 0.6) is 0 Å². The largest absolute Gasteiger partial charge is 0.315 e. The fourth-order valence-corrected chi connectivity index (χ4v) is 2.95.